The fraction of sp³-hybridized carbons (Fsp3) is 0.400. The van der Waals surface area contributed by atoms with E-state index in [1.807, 2.05) is 6.07 Å². The van der Waals surface area contributed by atoms with Crippen LogP contribution >= 0.6 is 11.8 Å². The molecule has 0 radical (unpaired) electrons. The van der Waals surface area contributed by atoms with E-state index in [9.17, 15) is 4.39 Å². The number of fused-ring (bicyclic) bond motifs is 1. The molecule has 0 aliphatic carbocycles. The van der Waals surface area contributed by atoms with Gasteiger partial charge in [-0.1, -0.05) is 6.07 Å². The standard InChI is InChI=1S/C10H12FNS/c11-7-3-4-8-9(12)2-1-5-13-10(8)6-7/h3-4,6,9H,1-2,5,12H2. The van der Waals surface area contributed by atoms with Gasteiger partial charge < -0.3 is 5.73 Å². The molecule has 3 heteroatoms. The third kappa shape index (κ3) is 1.86. The van der Waals surface area contributed by atoms with Gasteiger partial charge in [-0.3, -0.25) is 0 Å². The van der Waals surface area contributed by atoms with Gasteiger partial charge in [-0.2, -0.15) is 0 Å². The monoisotopic (exact) mass is 197 g/mol. The van der Waals surface area contributed by atoms with Crippen LogP contribution in [0.3, 0.4) is 0 Å². The zero-order chi connectivity index (χ0) is 9.26. The predicted molar refractivity (Wildman–Crippen MR) is 53.3 cm³/mol. The van der Waals surface area contributed by atoms with Gasteiger partial charge in [0.1, 0.15) is 5.82 Å². The summed E-state index contributed by atoms with van der Waals surface area (Å²) in [5.74, 6) is 0.879. The molecule has 1 aliphatic rings. The average Bonchev–Trinajstić information content (AvgIpc) is 2.28. The van der Waals surface area contributed by atoms with Crippen molar-refractivity contribution in [1.82, 2.24) is 0 Å². The van der Waals surface area contributed by atoms with Crippen molar-refractivity contribution in [2.24, 2.45) is 5.73 Å². The minimum atomic E-state index is -0.166. The molecule has 0 amide bonds. The summed E-state index contributed by atoms with van der Waals surface area (Å²) in [6, 6.07) is 4.98. The lowest BCUT2D eigenvalue weighted by molar-refractivity contribution is 0.611. The first kappa shape index (κ1) is 9.03. The number of rotatable bonds is 0. The van der Waals surface area contributed by atoms with Crippen LogP contribution < -0.4 is 5.73 Å². The molecule has 0 saturated heterocycles. The van der Waals surface area contributed by atoms with E-state index in [-0.39, 0.29) is 11.9 Å². The highest BCUT2D eigenvalue weighted by Crippen LogP contribution is 2.33. The molecule has 0 bridgehead atoms. The number of benzene rings is 1. The predicted octanol–water partition coefficient (Wildman–Crippen LogP) is 2.71. The number of hydrogen-bond acceptors (Lipinski definition) is 2. The van der Waals surface area contributed by atoms with Crippen LogP contribution in [-0.2, 0) is 0 Å². The van der Waals surface area contributed by atoms with Crippen LogP contribution in [0.25, 0.3) is 0 Å². The van der Waals surface area contributed by atoms with Crippen molar-refractivity contribution in [2.45, 2.75) is 23.8 Å². The van der Waals surface area contributed by atoms with Crippen LogP contribution in [0.1, 0.15) is 24.4 Å². The van der Waals surface area contributed by atoms with Crippen molar-refractivity contribution in [3.63, 3.8) is 0 Å². The van der Waals surface area contributed by atoms with Gasteiger partial charge in [0.05, 0.1) is 0 Å². The average molecular weight is 197 g/mol. The van der Waals surface area contributed by atoms with Crippen molar-refractivity contribution in [1.29, 1.82) is 0 Å². The molecular weight excluding hydrogens is 185 g/mol. The Balaban J connectivity index is 2.42. The Hall–Kier alpha value is -0.540. The Morgan fingerprint density at radius 2 is 2.31 bits per heavy atom. The fourth-order valence-electron chi connectivity index (χ4n) is 1.58. The maximum atomic E-state index is 12.9. The van der Waals surface area contributed by atoms with E-state index in [4.69, 9.17) is 5.73 Å². The van der Waals surface area contributed by atoms with Crippen molar-refractivity contribution >= 4 is 11.8 Å². The minimum Gasteiger partial charge on any atom is -0.324 e. The molecule has 1 aliphatic heterocycles. The second-order valence-electron chi connectivity index (χ2n) is 3.28. The topological polar surface area (TPSA) is 26.0 Å². The van der Waals surface area contributed by atoms with Crippen LogP contribution in [0.5, 0.6) is 0 Å². The second-order valence-corrected chi connectivity index (χ2v) is 4.42. The molecule has 1 atom stereocenters. The molecule has 2 rings (SSSR count). The van der Waals surface area contributed by atoms with Crippen LogP contribution in [0.15, 0.2) is 23.1 Å². The van der Waals surface area contributed by atoms with Crippen molar-refractivity contribution < 1.29 is 4.39 Å². The maximum absolute atomic E-state index is 12.9. The van der Waals surface area contributed by atoms with E-state index in [1.165, 1.54) is 6.07 Å². The van der Waals surface area contributed by atoms with E-state index in [2.05, 4.69) is 0 Å². The summed E-state index contributed by atoms with van der Waals surface area (Å²) >= 11 is 1.71. The lowest BCUT2D eigenvalue weighted by Crippen LogP contribution is -2.09. The van der Waals surface area contributed by atoms with E-state index >= 15 is 0 Å². The first-order valence-electron chi connectivity index (χ1n) is 4.45. The summed E-state index contributed by atoms with van der Waals surface area (Å²) in [4.78, 5) is 1.02. The van der Waals surface area contributed by atoms with Crippen molar-refractivity contribution in [2.75, 3.05) is 5.75 Å². The highest BCUT2D eigenvalue weighted by atomic mass is 32.2. The summed E-state index contributed by atoms with van der Waals surface area (Å²) in [7, 11) is 0. The molecule has 0 saturated carbocycles. The Bertz CT molecular complexity index is 314. The lowest BCUT2D eigenvalue weighted by Gasteiger charge is -2.11. The normalized spacial score (nSPS) is 22.2. The molecule has 0 spiro atoms. The highest BCUT2D eigenvalue weighted by molar-refractivity contribution is 7.99. The molecule has 1 aromatic carbocycles. The van der Waals surface area contributed by atoms with E-state index < -0.39 is 0 Å². The Labute approximate surface area is 81.5 Å². The maximum Gasteiger partial charge on any atom is 0.124 e. The highest BCUT2D eigenvalue weighted by Gasteiger charge is 2.15. The van der Waals surface area contributed by atoms with Gasteiger partial charge in [-0.05, 0) is 36.3 Å². The Morgan fingerprint density at radius 3 is 3.15 bits per heavy atom. The number of thioether (sulfide) groups is 1. The van der Waals surface area contributed by atoms with Crippen LogP contribution in [0, 0.1) is 5.82 Å². The number of nitrogens with two attached hydrogens (primary N) is 1. The molecule has 1 heterocycles. The molecule has 70 valence electrons. The fourth-order valence-corrected chi connectivity index (χ4v) is 2.69. The SMILES string of the molecule is NC1CCCSc2cc(F)ccc21. The van der Waals surface area contributed by atoms with Gasteiger partial charge in [0.15, 0.2) is 0 Å². The largest absolute Gasteiger partial charge is 0.324 e. The molecule has 1 nitrogen and oxygen atoms in total. The molecule has 13 heavy (non-hydrogen) atoms. The van der Waals surface area contributed by atoms with Crippen molar-refractivity contribution in [3.8, 4) is 0 Å². The van der Waals surface area contributed by atoms with Crippen LogP contribution in [0.2, 0.25) is 0 Å². The van der Waals surface area contributed by atoms with Gasteiger partial charge >= 0.3 is 0 Å². The molecule has 1 unspecified atom stereocenters. The second kappa shape index (κ2) is 3.68. The molecule has 2 N–H and O–H groups in total. The first-order valence-corrected chi connectivity index (χ1v) is 5.44. The van der Waals surface area contributed by atoms with Crippen LogP contribution in [-0.4, -0.2) is 5.75 Å². The lowest BCUT2D eigenvalue weighted by atomic mass is 10.0. The smallest absolute Gasteiger partial charge is 0.124 e. The van der Waals surface area contributed by atoms with Gasteiger partial charge in [-0.15, -0.1) is 11.8 Å². The molecule has 0 aromatic heterocycles. The summed E-state index contributed by atoms with van der Waals surface area (Å²) in [5.41, 5.74) is 7.06. The van der Waals surface area contributed by atoms with Crippen molar-refractivity contribution in [3.05, 3.63) is 29.6 Å². The first-order chi connectivity index (χ1) is 6.27. The summed E-state index contributed by atoms with van der Waals surface area (Å²) in [5, 5.41) is 0. The third-order valence-corrected chi connectivity index (χ3v) is 3.45. The number of halogens is 1. The van der Waals surface area contributed by atoms with Gasteiger partial charge in [0.25, 0.3) is 0 Å². The molecule has 1 aromatic rings. The van der Waals surface area contributed by atoms with Gasteiger partial charge in [0.2, 0.25) is 0 Å². The summed E-state index contributed by atoms with van der Waals surface area (Å²) in [6.45, 7) is 0. The van der Waals surface area contributed by atoms with Gasteiger partial charge in [-0.25, -0.2) is 4.39 Å². The summed E-state index contributed by atoms with van der Waals surface area (Å²) in [6.07, 6.45) is 2.12. The summed E-state index contributed by atoms with van der Waals surface area (Å²) < 4.78 is 12.9. The number of hydrogen-bond donors (Lipinski definition) is 1. The van der Waals surface area contributed by atoms with E-state index in [1.54, 1.807) is 17.8 Å². The zero-order valence-electron chi connectivity index (χ0n) is 7.29. The quantitative estimate of drug-likeness (QED) is 0.692. The molecule has 0 fully saturated rings. The Morgan fingerprint density at radius 1 is 1.46 bits per heavy atom. The third-order valence-electron chi connectivity index (χ3n) is 2.29. The van der Waals surface area contributed by atoms with E-state index in [0.29, 0.717) is 0 Å². The zero-order valence-corrected chi connectivity index (χ0v) is 8.11. The van der Waals surface area contributed by atoms with E-state index in [0.717, 1.165) is 29.1 Å². The van der Waals surface area contributed by atoms with Crippen LogP contribution in [0.4, 0.5) is 4.39 Å². The Kier molecular flexibility index (Phi) is 2.56. The molecular formula is C10H12FNS. The van der Waals surface area contributed by atoms with Gasteiger partial charge in [0, 0.05) is 10.9 Å². The minimum absolute atomic E-state index is 0.0885.